The molecule has 5 heteroatoms. The summed E-state index contributed by atoms with van der Waals surface area (Å²) >= 11 is 0. The average Bonchev–Trinajstić information content (AvgIpc) is 2.48. The first-order chi connectivity index (χ1) is 9.81. The van der Waals surface area contributed by atoms with Gasteiger partial charge in [-0.3, -0.25) is 4.90 Å². The van der Waals surface area contributed by atoms with Crippen LogP contribution in [0.25, 0.3) is 0 Å². The van der Waals surface area contributed by atoms with E-state index in [1.807, 2.05) is 12.1 Å². The van der Waals surface area contributed by atoms with Crippen molar-refractivity contribution in [2.24, 2.45) is 0 Å². The molecule has 0 aliphatic carbocycles. The van der Waals surface area contributed by atoms with Gasteiger partial charge in [0.15, 0.2) is 5.82 Å². The highest BCUT2D eigenvalue weighted by molar-refractivity contribution is 5.62. The summed E-state index contributed by atoms with van der Waals surface area (Å²) in [5, 5.41) is 0. The second-order valence-electron chi connectivity index (χ2n) is 5.21. The number of anilines is 2. The predicted octanol–water partition coefficient (Wildman–Crippen LogP) is 1.60. The largest absolute Gasteiger partial charge is 0.396 e. The number of nitrogens with two attached hydrogens (primary N) is 1. The number of piperazine rings is 1. The van der Waals surface area contributed by atoms with Gasteiger partial charge in [-0.1, -0.05) is 13.3 Å². The van der Waals surface area contributed by atoms with E-state index in [1.54, 1.807) is 6.20 Å². The third-order valence-corrected chi connectivity index (χ3v) is 3.68. The minimum absolute atomic E-state index is 0.767. The maximum absolute atomic E-state index is 5.97. The van der Waals surface area contributed by atoms with Gasteiger partial charge in [0.1, 0.15) is 0 Å². The van der Waals surface area contributed by atoms with Crippen molar-refractivity contribution in [2.45, 2.75) is 19.8 Å². The fourth-order valence-electron chi connectivity index (χ4n) is 2.40. The van der Waals surface area contributed by atoms with E-state index in [4.69, 9.17) is 10.5 Å². The maximum atomic E-state index is 5.97. The van der Waals surface area contributed by atoms with Crippen LogP contribution in [0.5, 0.6) is 0 Å². The molecular weight excluding hydrogens is 252 g/mol. The van der Waals surface area contributed by atoms with Crippen LogP contribution in [0.1, 0.15) is 19.8 Å². The zero-order valence-electron chi connectivity index (χ0n) is 12.4. The molecule has 0 saturated carbocycles. The number of rotatable bonds is 7. The lowest BCUT2D eigenvalue weighted by Gasteiger charge is -2.35. The summed E-state index contributed by atoms with van der Waals surface area (Å²) < 4.78 is 5.62. The Morgan fingerprint density at radius 3 is 2.75 bits per heavy atom. The molecule has 5 nitrogen and oxygen atoms in total. The van der Waals surface area contributed by atoms with E-state index < -0.39 is 0 Å². The standard InChI is InChI=1S/C15H26N4O/c1-2-3-12-20-13-11-18-7-9-19(10-8-18)15-14(16)5-4-6-17-15/h4-6H,2-3,7-13,16H2,1H3. The number of hydrogen-bond acceptors (Lipinski definition) is 5. The van der Waals surface area contributed by atoms with Crippen LogP contribution in [0.3, 0.4) is 0 Å². The molecule has 20 heavy (non-hydrogen) atoms. The van der Waals surface area contributed by atoms with Gasteiger partial charge >= 0.3 is 0 Å². The highest BCUT2D eigenvalue weighted by atomic mass is 16.5. The van der Waals surface area contributed by atoms with E-state index in [0.29, 0.717) is 0 Å². The Labute approximate surface area is 121 Å². The second kappa shape index (κ2) is 8.07. The molecule has 0 spiro atoms. The Kier molecular flexibility index (Phi) is 6.08. The molecule has 0 radical (unpaired) electrons. The lowest BCUT2D eigenvalue weighted by Crippen LogP contribution is -2.47. The second-order valence-corrected chi connectivity index (χ2v) is 5.21. The van der Waals surface area contributed by atoms with Crippen molar-refractivity contribution >= 4 is 11.5 Å². The number of pyridine rings is 1. The number of ether oxygens (including phenoxy) is 1. The lowest BCUT2D eigenvalue weighted by atomic mass is 10.3. The monoisotopic (exact) mass is 278 g/mol. The molecule has 112 valence electrons. The summed E-state index contributed by atoms with van der Waals surface area (Å²) in [5.41, 5.74) is 6.74. The van der Waals surface area contributed by atoms with Crippen molar-refractivity contribution in [1.29, 1.82) is 0 Å². The number of aromatic nitrogens is 1. The van der Waals surface area contributed by atoms with Crippen molar-refractivity contribution in [2.75, 3.05) is 56.6 Å². The van der Waals surface area contributed by atoms with E-state index in [9.17, 15) is 0 Å². The smallest absolute Gasteiger partial charge is 0.151 e. The molecule has 0 aromatic carbocycles. The summed E-state index contributed by atoms with van der Waals surface area (Å²) in [7, 11) is 0. The van der Waals surface area contributed by atoms with Gasteiger partial charge in [0.05, 0.1) is 12.3 Å². The van der Waals surface area contributed by atoms with Gasteiger partial charge in [-0.2, -0.15) is 0 Å². The molecule has 1 aromatic rings. The average molecular weight is 278 g/mol. The Balaban J connectivity index is 1.69. The summed E-state index contributed by atoms with van der Waals surface area (Å²) in [4.78, 5) is 9.09. The molecule has 2 rings (SSSR count). The van der Waals surface area contributed by atoms with E-state index >= 15 is 0 Å². The molecule has 0 unspecified atom stereocenters. The summed E-state index contributed by atoms with van der Waals surface area (Å²) in [5.74, 6) is 0.923. The van der Waals surface area contributed by atoms with Gasteiger partial charge in [-0.25, -0.2) is 4.98 Å². The number of hydrogen-bond donors (Lipinski definition) is 1. The Bertz CT molecular complexity index is 391. The molecule has 1 saturated heterocycles. The normalized spacial score (nSPS) is 16.6. The van der Waals surface area contributed by atoms with Crippen molar-refractivity contribution in [1.82, 2.24) is 9.88 Å². The molecular formula is C15H26N4O. The van der Waals surface area contributed by atoms with Crippen molar-refractivity contribution in [3.05, 3.63) is 18.3 Å². The zero-order valence-corrected chi connectivity index (χ0v) is 12.4. The Morgan fingerprint density at radius 1 is 1.25 bits per heavy atom. The van der Waals surface area contributed by atoms with Crippen molar-refractivity contribution < 1.29 is 4.74 Å². The van der Waals surface area contributed by atoms with Gasteiger partial charge < -0.3 is 15.4 Å². The van der Waals surface area contributed by atoms with E-state index in [-0.39, 0.29) is 0 Å². The molecule has 1 aliphatic heterocycles. The zero-order chi connectivity index (χ0) is 14.2. The highest BCUT2D eigenvalue weighted by Gasteiger charge is 2.18. The van der Waals surface area contributed by atoms with Gasteiger partial charge in [-0.15, -0.1) is 0 Å². The molecule has 2 N–H and O–H groups in total. The minimum Gasteiger partial charge on any atom is -0.396 e. The van der Waals surface area contributed by atoms with Crippen LogP contribution in [0.2, 0.25) is 0 Å². The number of nitrogen functional groups attached to an aromatic ring is 1. The maximum Gasteiger partial charge on any atom is 0.151 e. The van der Waals surface area contributed by atoms with Crippen LogP contribution in [-0.4, -0.2) is 55.8 Å². The van der Waals surface area contributed by atoms with Gasteiger partial charge in [-0.05, 0) is 18.6 Å². The van der Waals surface area contributed by atoms with Crippen LogP contribution in [0.15, 0.2) is 18.3 Å². The first-order valence-corrected chi connectivity index (χ1v) is 7.57. The summed E-state index contributed by atoms with van der Waals surface area (Å²) in [6.45, 7) is 9.00. The molecule has 1 aromatic heterocycles. The van der Waals surface area contributed by atoms with E-state index in [0.717, 1.165) is 63.9 Å². The van der Waals surface area contributed by atoms with Gasteiger partial charge in [0.25, 0.3) is 0 Å². The van der Waals surface area contributed by atoms with Crippen LogP contribution in [0.4, 0.5) is 11.5 Å². The van der Waals surface area contributed by atoms with Crippen LogP contribution in [-0.2, 0) is 4.74 Å². The number of nitrogens with zero attached hydrogens (tertiary/aromatic N) is 3. The first-order valence-electron chi connectivity index (χ1n) is 7.57. The topological polar surface area (TPSA) is 54.6 Å². The SMILES string of the molecule is CCCCOCCN1CCN(c2ncccc2N)CC1. The van der Waals surface area contributed by atoms with Crippen LogP contribution in [0, 0.1) is 0 Å². The molecule has 0 bridgehead atoms. The molecule has 1 fully saturated rings. The van der Waals surface area contributed by atoms with Gasteiger partial charge in [0.2, 0.25) is 0 Å². The molecule has 0 amide bonds. The third-order valence-electron chi connectivity index (χ3n) is 3.68. The molecule has 1 aliphatic rings. The fraction of sp³-hybridized carbons (Fsp3) is 0.667. The first kappa shape index (κ1) is 15.1. The lowest BCUT2D eigenvalue weighted by molar-refractivity contribution is 0.0994. The van der Waals surface area contributed by atoms with Crippen molar-refractivity contribution in [3.63, 3.8) is 0 Å². The molecule has 2 heterocycles. The van der Waals surface area contributed by atoms with E-state index in [1.165, 1.54) is 6.42 Å². The quantitative estimate of drug-likeness (QED) is 0.768. The summed E-state index contributed by atoms with van der Waals surface area (Å²) in [6.07, 6.45) is 4.16. The van der Waals surface area contributed by atoms with Crippen molar-refractivity contribution in [3.8, 4) is 0 Å². The van der Waals surface area contributed by atoms with E-state index in [2.05, 4.69) is 21.7 Å². The highest BCUT2D eigenvalue weighted by Crippen LogP contribution is 2.20. The Morgan fingerprint density at radius 2 is 2.05 bits per heavy atom. The van der Waals surface area contributed by atoms with Crippen LogP contribution < -0.4 is 10.6 Å². The predicted molar refractivity (Wildman–Crippen MR) is 83.0 cm³/mol. The third kappa shape index (κ3) is 4.35. The number of unbranched alkanes of at least 4 members (excludes halogenated alkanes) is 1. The Hall–Kier alpha value is -1.33. The minimum atomic E-state index is 0.767. The fourth-order valence-corrected chi connectivity index (χ4v) is 2.40. The van der Waals surface area contributed by atoms with Crippen LogP contribution >= 0.6 is 0 Å². The van der Waals surface area contributed by atoms with Gasteiger partial charge in [0, 0.05) is 45.5 Å². The summed E-state index contributed by atoms with van der Waals surface area (Å²) in [6, 6.07) is 3.79. The molecule has 0 atom stereocenters.